The third-order valence-electron chi connectivity index (χ3n) is 7.78. The number of carbonyl (C=O) groups excluding carboxylic acids is 2. The van der Waals surface area contributed by atoms with Crippen LogP contribution in [-0.4, -0.2) is 62.1 Å². The first kappa shape index (κ1) is 26.3. The molecule has 0 unspecified atom stereocenters. The van der Waals surface area contributed by atoms with Crippen molar-refractivity contribution < 1.29 is 14.3 Å². The molecule has 0 radical (unpaired) electrons. The van der Waals surface area contributed by atoms with Gasteiger partial charge in [-0.3, -0.25) is 4.79 Å². The van der Waals surface area contributed by atoms with Gasteiger partial charge in [0, 0.05) is 46.0 Å². The van der Waals surface area contributed by atoms with Crippen molar-refractivity contribution in [2.45, 2.75) is 45.6 Å². The molecule has 0 aliphatic carbocycles. The Morgan fingerprint density at radius 1 is 1.03 bits per heavy atom. The number of rotatable bonds is 6. The minimum absolute atomic E-state index is 0.0757. The first-order valence-corrected chi connectivity index (χ1v) is 13.3. The van der Waals surface area contributed by atoms with Gasteiger partial charge in [0.25, 0.3) is 5.91 Å². The predicted molar refractivity (Wildman–Crippen MR) is 145 cm³/mol. The van der Waals surface area contributed by atoms with Crippen LogP contribution in [0.4, 0.5) is 10.5 Å². The van der Waals surface area contributed by atoms with Gasteiger partial charge in [-0.25, -0.2) is 4.79 Å². The maximum atomic E-state index is 12.5. The van der Waals surface area contributed by atoms with Crippen LogP contribution < -0.4 is 4.90 Å². The number of ether oxygens (including phenoxy) is 1. The molecule has 4 rings (SSSR count). The topological polar surface area (TPSA) is 53.1 Å². The summed E-state index contributed by atoms with van der Waals surface area (Å²) in [6.07, 6.45) is 5.33. The summed E-state index contributed by atoms with van der Waals surface area (Å²) in [7, 11) is 3.47. The van der Waals surface area contributed by atoms with E-state index in [2.05, 4.69) is 11.8 Å². The van der Waals surface area contributed by atoms with E-state index < -0.39 is 0 Å². The summed E-state index contributed by atoms with van der Waals surface area (Å²) in [6.45, 7) is 6.26. The number of carbonyl (C=O) groups is 2. The molecular weight excluding hydrogens is 474 g/mol. The van der Waals surface area contributed by atoms with Crippen molar-refractivity contribution in [2.24, 2.45) is 11.3 Å². The summed E-state index contributed by atoms with van der Waals surface area (Å²) < 4.78 is 5.52. The molecule has 0 aromatic heterocycles. The third kappa shape index (κ3) is 6.52. The summed E-state index contributed by atoms with van der Waals surface area (Å²) in [5, 5.41) is 0.508. The molecular formula is C29H38ClN3O3. The van der Waals surface area contributed by atoms with Gasteiger partial charge in [-0.15, -0.1) is 0 Å². The van der Waals surface area contributed by atoms with Gasteiger partial charge in [0.15, 0.2) is 0 Å². The fourth-order valence-corrected chi connectivity index (χ4v) is 5.71. The maximum Gasteiger partial charge on any atom is 0.410 e. The van der Waals surface area contributed by atoms with Gasteiger partial charge in [0.2, 0.25) is 0 Å². The van der Waals surface area contributed by atoms with E-state index in [1.165, 1.54) is 6.42 Å². The monoisotopic (exact) mass is 511 g/mol. The molecule has 2 aromatic rings. The Kier molecular flexibility index (Phi) is 8.45. The Morgan fingerprint density at radius 3 is 2.31 bits per heavy atom. The lowest BCUT2D eigenvalue weighted by Gasteiger charge is -2.43. The normalized spacial score (nSPS) is 18.1. The standard InChI is InChI=1S/C29H38ClN3O3/c1-29(13-17-32(18-14-29)24-9-10-25(26(30)19-24)27(34)31(2)3)20-22-11-15-33(16-12-22)28(35)36-21-23-7-5-4-6-8-23/h4-10,19,22H,11-18,20-21H2,1-3H3. The number of anilines is 1. The molecule has 0 bridgehead atoms. The van der Waals surface area contributed by atoms with Gasteiger partial charge in [-0.2, -0.15) is 0 Å². The molecule has 2 heterocycles. The zero-order chi connectivity index (χ0) is 25.7. The van der Waals surface area contributed by atoms with Crippen LogP contribution in [0, 0.1) is 11.3 Å². The van der Waals surface area contributed by atoms with E-state index in [1.807, 2.05) is 53.4 Å². The average molecular weight is 512 g/mol. The molecule has 0 spiro atoms. The van der Waals surface area contributed by atoms with Crippen molar-refractivity contribution >= 4 is 29.3 Å². The summed E-state index contributed by atoms with van der Waals surface area (Å²) in [5.74, 6) is 0.568. The fourth-order valence-electron chi connectivity index (χ4n) is 5.45. The summed E-state index contributed by atoms with van der Waals surface area (Å²) in [4.78, 5) is 30.5. The molecule has 2 aromatic carbocycles. The zero-order valence-electron chi connectivity index (χ0n) is 21.7. The Hall–Kier alpha value is -2.73. The van der Waals surface area contributed by atoms with E-state index in [-0.39, 0.29) is 12.0 Å². The first-order valence-electron chi connectivity index (χ1n) is 13.0. The van der Waals surface area contributed by atoms with Gasteiger partial charge in [0.1, 0.15) is 6.61 Å². The maximum absolute atomic E-state index is 12.5. The Morgan fingerprint density at radius 2 is 1.69 bits per heavy atom. The number of hydrogen-bond acceptors (Lipinski definition) is 4. The molecule has 7 heteroatoms. The molecule has 2 fully saturated rings. The second-order valence-corrected chi connectivity index (χ2v) is 11.2. The molecule has 0 saturated carbocycles. The second kappa shape index (κ2) is 11.5. The number of nitrogens with zero attached hydrogens (tertiary/aromatic N) is 3. The smallest absolute Gasteiger partial charge is 0.410 e. The van der Waals surface area contributed by atoms with Crippen molar-refractivity contribution in [3.8, 4) is 0 Å². The van der Waals surface area contributed by atoms with Gasteiger partial charge < -0.3 is 19.4 Å². The van der Waals surface area contributed by atoms with Crippen molar-refractivity contribution in [1.29, 1.82) is 0 Å². The average Bonchev–Trinajstić information content (AvgIpc) is 2.88. The summed E-state index contributed by atoms with van der Waals surface area (Å²) in [5.41, 5.74) is 2.95. The predicted octanol–water partition coefficient (Wildman–Crippen LogP) is 6.09. The van der Waals surface area contributed by atoms with Crippen LogP contribution >= 0.6 is 11.6 Å². The van der Waals surface area contributed by atoms with Crippen LogP contribution in [0.25, 0.3) is 0 Å². The van der Waals surface area contributed by atoms with Crippen LogP contribution in [0.15, 0.2) is 48.5 Å². The van der Waals surface area contributed by atoms with Crippen LogP contribution in [-0.2, 0) is 11.3 Å². The largest absolute Gasteiger partial charge is 0.445 e. The molecule has 36 heavy (non-hydrogen) atoms. The number of benzene rings is 2. The Bertz CT molecular complexity index is 1040. The van der Waals surface area contributed by atoms with E-state index >= 15 is 0 Å². The summed E-state index contributed by atoms with van der Waals surface area (Å²) >= 11 is 6.45. The van der Waals surface area contributed by atoms with E-state index in [4.69, 9.17) is 16.3 Å². The lowest BCUT2D eigenvalue weighted by atomic mass is 9.72. The summed E-state index contributed by atoms with van der Waals surface area (Å²) in [6, 6.07) is 15.6. The van der Waals surface area contributed by atoms with Crippen molar-refractivity contribution in [3.05, 3.63) is 64.7 Å². The minimum Gasteiger partial charge on any atom is -0.445 e. The first-order chi connectivity index (χ1) is 17.2. The SMILES string of the molecule is CN(C)C(=O)c1ccc(N2CCC(C)(CC3CCN(C(=O)OCc4ccccc4)CC3)CC2)cc1Cl. The van der Waals surface area contributed by atoms with Crippen molar-refractivity contribution in [3.63, 3.8) is 0 Å². The van der Waals surface area contributed by atoms with E-state index in [0.717, 1.165) is 63.1 Å². The van der Waals surface area contributed by atoms with Gasteiger partial charge in [0.05, 0.1) is 10.6 Å². The highest BCUT2D eigenvalue weighted by Crippen LogP contribution is 2.41. The minimum atomic E-state index is -0.200. The molecule has 2 aliphatic rings. The fraction of sp³-hybridized carbons (Fsp3) is 0.517. The zero-order valence-corrected chi connectivity index (χ0v) is 22.5. The lowest BCUT2D eigenvalue weighted by Crippen LogP contribution is -2.42. The van der Waals surface area contributed by atoms with Crippen LogP contribution in [0.3, 0.4) is 0 Å². The van der Waals surface area contributed by atoms with Crippen LogP contribution in [0.5, 0.6) is 0 Å². The highest BCUT2D eigenvalue weighted by atomic mass is 35.5. The van der Waals surface area contributed by atoms with Crippen molar-refractivity contribution in [1.82, 2.24) is 9.80 Å². The van der Waals surface area contributed by atoms with E-state index in [1.54, 1.807) is 19.0 Å². The number of amides is 2. The van der Waals surface area contributed by atoms with Gasteiger partial charge in [-0.1, -0.05) is 48.9 Å². The second-order valence-electron chi connectivity index (χ2n) is 10.8. The molecule has 2 amide bonds. The molecule has 194 valence electrons. The van der Waals surface area contributed by atoms with Gasteiger partial charge >= 0.3 is 6.09 Å². The van der Waals surface area contributed by atoms with Crippen molar-refractivity contribution in [2.75, 3.05) is 45.2 Å². The Balaban J connectivity index is 1.22. The molecule has 2 saturated heterocycles. The highest BCUT2D eigenvalue weighted by molar-refractivity contribution is 6.34. The number of piperidine rings is 2. The van der Waals surface area contributed by atoms with Crippen LogP contribution in [0.1, 0.15) is 54.9 Å². The van der Waals surface area contributed by atoms with Crippen LogP contribution in [0.2, 0.25) is 5.02 Å². The number of halogens is 1. The molecule has 2 aliphatic heterocycles. The molecule has 0 atom stereocenters. The van der Waals surface area contributed by atoms with Gasteiger partial charge in [-0.05, 0) is 67.2 Å². The number of likely N-dealkylation sites (tertiary alicyclic amines) is 1. The number of hydrogen-bond donors (Lipinski definition) is 0. The molecule has 0 N–H and O–H groups in total. The lowest BCUT2D eigenvalue weighted by molar-refractivity contribution is 0.0735. The molecule has 6 nitrogen and oxygen atoms in total. The third-order valence-corrected chi connectivity index (χ3v) is 8.10. The highest BCUT2D eigenvalue weighted by Gasteiger charge is 2.34. The van der Waals surface area contributed by atoms with E-state index in [9.17, 15) is 9.59 Å². The quantitative estimate of drug-likeness (QED) is 0.471. The van der Waals surface area contributed by atoms with E-state index in [0.29, 0.717) is 28.5 Å². The Labute approximate surface area is 220 Å².